The molecule has 1 aromatic heterocycles. The van der Waals surface area contributed by atoms with E-state index < -0.39 is 17.5 Å². The van der Waals surface area contributed by atoms with Gasteiger partial charge in [-0.1, -0.05) is 55.1 Å². The van der Waals surface area contributed by atoms with Crippen LogP contribution in [0.25, 0.3) is 0 Å². The Labute approximate surface area is 189 Å². The molecule has 8 nitrogen and oxygen atoms in total. The third kappa shape index (κ3) is 4.02. The number of hydrogen-bond donors (Lipinski definition) is 2. The van der Waals surface area contributed by atoms with E-state index in [0.717, 1.165) is 29.7 Å². The lowest BCUT2D eigenvalue weighted by atomic mass is 9.73. The molecule has 2 fully saturated rings. The molecule has 0 bridgehead atoms. The van der Waals surface area contributed by atoms with Gasteiger partial charge in [0, 0.05) is 6.07 Å². The maximum absolute atomic E-state index is 13.0. The number of urea groups is 1. The van der Waals surface area contributed by atoms with Gasteiger partial charge in [-0.2, -0.15) is 5.10 Å². The van der Waals surface area contributed by atoms with Crippen molar-refractivity contribution in [2.24, 2.45) is 5.92 Å². The van der Waals surface area contributed by atoms with Crippen molar-refractivity contribution in [2.45, 2.75) is 44.7 Å². The van der Waals surface area contributed by atoms with E-state index in [4.69, 9.17) is 23.2 Å². The van der Waals surface area contributed by atoms with Crippen molar-refractivity contribution in [1.29, 1.82) is 0 Å². The third-order valence-electron chi connectivity index (χ3n) is 6.14. The Morgan fingerprint density at radius 3 is 2.87 bits per heavy atom. The summed E-state index contributed by atoms with van der Waals surface area (Å²) >= 11 is 12.3. The van der Waals surface area contributed by atoms with Gasteiger partial charge in [-0.15, -0.1) is 0 Å². The first-order chi connectivity index (χ1) is 14.8. The zero-order valence-electron chi connectivity index (χ0n) is 17.0. The van der Waals surface area contributed by atoms with E-state index >= 15 is 0 Å². The Hall–Kier alpha value is -2.58. The largest absolute Gasteiger partial charge is 0.325 e. The summed E-state index contributed by atoms with van der Waals surface area (Å²) in [6.45, 7) is 1.91. The van der Waals surface area contributed by atoms with E-state index in [1.807, 2.05) is 13.0 Å². The topological polar surface area (TPSA) is 96.3 Å². The molecule has 0 radical (unpaired) electrons. The molecule has 2 atom stereocenters. The van der Waals surface area contributed by atoms with E-state index in [1.54, 1.807) is 29.1 Å². The third-order valence-corrected chi connectivity index (χ3v) is 7.00. The predicted molar refractivity (Wildman–Crippen MR) is 117 cm³/mol. The predicted octanol–water partition coefficient (Wildman–Crippen LogP) is 3.68. The minimum absolute atomic E-state index is 0.0367. The summed E-state index contributed by atoms with van der Waals surface area (Å²) in [4.78, 5) is 39.2. The maximum Gasteiger partial charge on any atom is 0.325 e. The van der Waals surface area contributed by atoms with Crippen LogP contribution in [-0.2, 0) is 16.1 Å². The summed E-state index contributed by atoms with van der Waals surface area (Å²) < 4.78 is 1.56. The van der Waals surface area contributed by atoms with Gasteiger partial charge >= 0.3 is 6.03 Å². The number of rotatable bonds is 5. The Bertz CT molecular complexity index is 1040. The molecule has 4 rings (SSSR count). The van der Waals surface area contributed by atoms with Crippen LogP contribution in [0.2, 0.25) is 10.0 Å². The molecule has 4 amide bonds. The van der Waals surface area contributed by atoms with Gasteiger partial charge in [-0.25, -0.2) is 9.48 Å². The number of aromatic nitrogens is 2. The second-order valence-electron chi connectivity index (χ2n) is 8.07. The van der Waals surface area contributed by atoms with Crippen molar-refractivity contribution in [3.63, 3.8) is 0 Å². The fraction of sp³-hybridized carbons (Fsp3) is 0.429. The molecular weight excluding hydrogens is 441 g/mol. The van der Waals surface area contributed by atoms with Crippen LogP contribution < -0.4 is 10.6 Å². The number of carbonyl (C=O) groups is 3. The minimum Gasteiger partial charge on any atom is -0.323 e. The highest BCUT2D eigenvalue weighted by molar-refractivity contribution is 6.42. The molecule has 1 saturated heterocycles. The van der Waals surface area contributed by atoms with Crippen molar-refractivity contribution < 1.29 is 14.4 Å². The van der Waals surface area contributed by atoms with Gasteiger partial charge in [-0.05, 0) is 30.4 Å². The highest BCUT2D eigenvalue weighted by Crippen LogP contribution is 2.38. The number of nitrogens with zero attached hydrogens (tertiary/aromatic N) is 3. The number of amides is 4. The van der Waals surface area contributed by atoms with Gasteiger partial charge in [0.05, 0.1) is 22.8 Å². The number of imide groups is 1. The highest BCUT2D eigenvalue weighted by atomic mass is 35.5. The van der Waals surface area contributed by atoms with Crippen LogP contribution in [0.5, 0.6) is 0 Å². The molecule has 2 heterocycles. The quantitative estimate of drug-likeness (QED) is 0.660. The number of carbonyl (C=O) groups excluding carboxylic acids is 3. The Kier molecular flexibility index (Phi) is 5.94. The number of hydrogen-bond acceptors (Lipinski definition) is 4. The van der Waals surface area contributed by atoms with E-state index in [2.05, 4.69) is 15.7 Å². The molecule has 2 aliphatic rings. The van der Waals surface area contributed by atoms with E-state index in [1.165, 1.54) is 0 Å². The maximum atomic E-state index is 13.0. The zero-order chi connectivity index (χ0) is 22.2. The molecule has 31 heavy (non-hydrogen) atoms. The number of benzene rings is 1. The molecule has 2 aromatic rings. The van der Waals surface area contributed by atoms with Crippen molar-refractivity contribution >= 4 is 46.9 Å². The van der Waals surface area contributed by atoms with Crippen LogP contribution in [0.15, 0.2) is 30.5 Å². The van der Waals surface area contributed by atoms with Crippen LogP contribution in [0.1, 0.15) is 38.2 Å². The van der Waals surface area contributed by atoms with Gasteiger partial charge in [-0.3, -0.25) is 14.5 Å². The standard InChI is InChI=1S/C21H23Cl2N5O3/c1-13-5-2-3-9-21(13)19(30)27(20(31)26-21)12-17(29)25-16-8-10-24-28(16)11-14-6-4-7-15(22)18(14)23/h4,6-8,10,13H,2-3,5,9,11-12H2,1H3,(H,25,29)(H,26,31). The van der Waals surface area contributed by atoms with Crippen molar-refractivity contribution in [1.82, 2.24) is 20.0 Å². The summed E-state index contributed by atoms with van der Waals surface area (Å²) in [5.41, 5.74) is -0.142. The summed E-state index contributed by atoms with van der Waals surface area (Å²) in [5.74, 6) is -0.342. The highest BCUT2D eigenvalue weighted by Gasteiger charge is 2.55. The van der Waals surface area contributed by atoms with E-state index in [0.29, 0.717) is 28.8 Å². The smallest absolute Gasteiger partial charge is 0.323 e. The summed E-state index contributed by atoms with van der Waals surface area (Å²) in [7, 11) is 0. The van der Waals surface area contributed by atoms with Crippen molar-refractivity contribution in [3.05, 3.63) is 46.1 Å². The van der Waals surface area contributed by atoms with Gasteiger partial charge in [0.25, 0.3) is 5.91 Å². The second kappa shape index (κ2) is 8.51. The van der Waals surface area contributed by atoms with Crippen LogP contribution in [0.4, 0.5) is 10.6 Å². The molecular formula is C21H23Cl2N5O3. The SMILES string of the molecule is CC1CCCCC12NC(=O)N(CC(=O)Nc1ccnn1Cc1cccc(Cl)c1Cl)C2=O. The Balaban J connectivity index is 1.44. The number of halogens is 2. The fourth-order valence-corrected chi connectivity index (χ4v) is 4.74. The first-order valence-electron chi connectivity index (χ1n) is 10.2. The molecule has 1 aliphatic heterocycles. The van der Waals surface area contributed by atoms with Crippen LogP contribution in [-0.4, -0.2) is 44.6 Å². The lowest BCUT2D eigenvalue weighted by Gasteiger charge is -2.36. The molecule has 10 heteroatoms. The van der Waals surface area contributed by atoms with Crippen LogP contribution >= 0.6 is 23.2 Å². The zero-order valence-corrected chi connectivity index (χ0v) is 18.5. The Morgan fingerprint density at radius 2 is 2.10 bits per heavy atom. The van der Waals surface area contributed by atoms with Crippen LogP contribution in [0, 0.1) is 5.92 Å². The normalized spacial score (nSPS) is 23.3. The first kappa shape index (κ1) is 21.6. The summed E-state index contributed by atoms with van der Waals surface area (Å²) in [5, 5.41) is 10.6. The fourth-order valence-electron chi connectivity index (χ4n) is 4.36. The molecule has 1 saturated carbocycles. The lowest BCUT2D eigenvalue weighted by molar-refractivity contribution is -0.136. The Morgan fingerprint density at radius 1 is 1.29 bits per heavy atom. The van der Waals surface area contributed by atoms with Gasteiger partial charge in [0.15, 0.2) is 0 Å². The monoisotopic (exact) mass is 463 g/mol. The second-order valence-corrected chi connectivity index (χ2v) is 8.86. The van der Waals surface area contributed by atoms with E-state index in [-0.39, 0.29) is 18.4 Å². The number of anilines is 1. The average Bonchev–Trinajstić information content (AvgIpc) is 3.26. The van der Waals surface area contributed by atoms with Gasteiger partial charge in [0.2, 0.25) is 5.91 Å². The van der Waals surface area contributed by atoms with Crippen molar-refractivity contribution in [3.8, 4) is 0 Å². The molecule has 1 aromatic carbocycles. The molecule has 1 spiro atoms. The molecule has 1 aliphatic carbocycles. The van der Waals surface area contributed by atoms with Gasteiger partial charge < -0.3 is 10.6 Å². The van der Waals surface area contributed by atoms with Crippen molar-refractivity contribution in [2.75, 3.05) is 11.9 Å². The van der Waals surface area contributed by atoms with Crippen LogP contribution in [0.3, 0.4) is 0 Å². The first-order valence-corrected chi connectivity index (χ1v) is 11.0. The van der Waals surface area contributed by atoms with E-state index in [9.17, 15) is 14.4 Å². The summed E-state index contributed by atoms with van der Waals surface area (Å²) in [6.07, 6.45) is 4.93. The van der Waals surface area contributed by atoms with Gasteiger partial charge in [0.1, 0.15) is 17.9 Å². The molecule has 2 N–H and O–H groups in total. The summed E-state index contributed by atoms with van der Waals surface area (Å²) in [6, 6.07) is 6.40. The average molecular weight is 464 g/mol. The molecule has 2 unspecified atom stereocenters. The lowest BCUT2D eigenvalue weighted by Crippen LogP contribution is -2.54. The number of nitrogens with one attached hydrogen (secondary N) is 2. The minimum atomic E-state index is -0.888. The molecule has 164 valence electrons.